The third-order valence-corrected chi connectivity index (χ3v) is 12.2. The van der Waals surface area contributed by atoms with Crippen molar-refractivity contribution in [2.75, 3.05) is 19.8 Å². The first-order valence-electron chi connectivity index (χ1n) is 15.6. The second-order valence-electron chi connectivity index (χ2n) is 13.9. The van der Waals surface area contributed by atoms with E-state index in [1.54, 1.807) is 13.0 Å². The van der Waals surface area contributed by atoms with Crippen molar-refractivity contribution in [2.45, 2.75) is 120 Å². The lowest BCUT2D eigenvalue weighted by Gasteiger charge is -2.66. The van der Waals surface area contributed by atoms with Gasteiger partial charge in [-0.25, -0.2) is 4.79 Å². The largest absolute Gasteiger partial charge is 0.458 e. The molecule has 0 bridgehead atoms. The van der Waals surface area contributed by atoms with E-state index in [1.807, 2.05) is 6.21 Å². The van der Waals surface area contributed by atoms with Crippen molar-refractivity contribution in [3.63, 3.8) is 0 Å². The molecule has 6 aliphatic rings. The summed E-state index contributed by atoms with van der Waals surface area (Å²) in [5.41, 5.74) is -2.09. The maximum absolute atomic E-state index is 12.6. The van der Waals surface area contributed by atoms with Crippen molar-refractivity contribution < 1.29 is 44.5 Å². The molecule has 10 nitrogen and oxygen atoms in total. The predicted molar refractivity (Wildman–Crippen MR) is 148 cm³/mol. The van der Waals surface area contributed by atoms with E-state index in [9.17, 15) is 30.3 Å². The highest BCUT2D eigenvalue weighted by Gasteiger charge is 2.71. The third kappa shape index (κ3) is 4.55. The Morgan fingerprint density at radius 1 is 1.10 bits per heavy atom. The summed E-state index contributed by atoms with van der Waals surface area (Å²) in [7, 11) is 0. The maximum Gasteiger partial charge on any atom is 0.331 e. The minimum absolute atomic E-state index is 0.0137. The second-order valence-corrected chi connectivity index (χ2v) is 13.9. The van der Waals surface area contributed by atoms with Gasteiger partial charge in [-0.15, -0.1) is 0 Å². The highest BCUT2D eigenvalue weighted by molar-refractivity contribution is 5.85. The molecule has 8 unspecified atom stereocenters. The van der Waals surface area contributed by atoms with Crippen LogP contribution in [0.15, 0.2) is 16.6 Å². The normalized spacial score (nSPS) is 51.6. The fourth-order valence-corrected chi connectivity index (χ4v) is 10.1. The molecule has 5 fully saturated rings. The van der Waals surface area contributed by atoms with Gasteiger partial charge < -0.3 is 39.7 Å². The van der Waals surface area contributed by atoms with Gasteiger partial charge in [0.05, 0.1) is 42.7 Å². The molecule has 5 N–H and O–H groups in total. The summed E-state index contributed by atoms with van der Waals surface area (Å²) in [6.45, 7) is 4.39. The Morgan fingerprint density at radius 3 is 2.59 bits per heavy atom. The first kappa shape index (κ1) is 29.7. The average molecular weight is 578 g/mol. The molecule has 0 aromatic heterocycles. The van der Waals surface area contributed by atoms with Gasteiger partial charge in [-0.05, 0) is 81.6 Å². The molecular formula is C31H47NO9. The zero-order valence-corrected chi connectivity index (χ0v) is 24.3. The molecule has 2 aliphatic heterocycles. The number of aliphatic hydroxyl groups is 5. The van der Waals surface area contributed by atoms with Gasteiger partial charge in [0.25, 0.3) is 0 Å². The van der Waals surface area contributed by atoms with Gasteiger partial charge in [0, 0.05) is 36.0 Å². The Kier molecular flexibility index (Phi) is 7.70. The van der Waals surface area contributed by atoms with Crippen LogP contribution >= 0.6 is 0 Å². The number of aliphatic hydroxyl groups excluding tert-OH is 3. The topological polar surface area (TPSA) is 158 Å². The first-order chi connectivity index (χ1) is 19.5. The number of carbonyl (C=O) groups is 1. The van der Waals surface area contributed by atoms with Gasteiger partial charge in [0.1, 0.15) is 12.7 Å². The first-order valence-corrected chi connectivity index (χ1v) is 15.6. The number of esters is 1. The molecule has 6 rings (SSSR count). The molecule has 2 heterocycles. The van der Waals surface area contributed by atoms with E-state index < -0.39 is 41.2 Å². The van der Waals surface area contributed by atoms with E-state index >= 15 is 0 Å². The van der Waals surface area contributed by atoms with Crippen LogP contribution < -0.4 is 0 Å². The number of fused-ring (bicyclic) bond motifs is 5. The highest BCUT2D eigenvalue weighted by Crippen LogP contribution is 2.70. The lowest BCUT2D eigenvalue weighted by Crippen LogP contribution is -2.69. The number of nitrogens with zero attached hydrogens (tertiary/aromatic N) is 1. The Hall–Kier alpha value is -1.40. The second kappa shape index (κ2) is 10.6. The number of hydrogen-bond donors (Lipinski definition) is 5. The average Bonchev–Trinajstić information content (AvgIpc) is 3.47. The molecule has 230 valence electrons. The van der Waals surface area contributed by atoms with E-state index in [-0.39, 0.29) is 54.8 Å². The summed E-state index contributed by atoms with van der Waals surface area (Å²) < 4.78 is 17.4. The maximum atomic E-state index is 12.6. The van der Waals surface area contributed by atoms with Crippen molar-refractivity contribution >= 4 is 12.2 Å². The van der Waals surface area contributed by atoms with Crippen LogP contribution in [0.5, 0.6) is 0 Å². The third-order valence-electron chi connectivity index (χ3n) is 12.2. The van der Waals surface area contributed by atoms with Gasteiger partial charge in [-0.2, -0.15) is 0 Å². The molecule has 0 spiro atoms. The SMILES string of the molecule is CC1OC(OC2CC[C@]3(C=NCCO)[C@H]4CC[C@]5(C)[C@H](C6=CC(=O)OC6)CCC5(O)C4CCC3(O)C2)CC(O)C1O. The fourth-order valence-electron chi connectivity index (χ4n) is 10.1. The molecule has 41 heavy (non-hydrogen) atoms. The zero-order valence-electron chi connectivity index (χ0n) is 24.3. The molecule has 0 aromatic carbocycles. The van der Waals surface area contributed by atoms with Crippen LogP contribution in [-0.4, -0.2) is 99.4 Å². The summed E-state index contributed by atoms with van der Waals surface area (Å²) in [5.74, 6) is -0.218. The number of aliphatic imine (C=N–C) groups is 1. The summed E-state index contributed by atoms with van der Waals surface area (Å²) >= 11 is 0. The Morgan fingerprint density at radius 2 is 1.88 bits per heavy atom. The van der Waals surface area contributed by atoms with Crippen molar-refractivity contribution in [1.82, 2.24) is 0 Å². The summed E-state index contributed by atoms with van der Waals surface area (Å²) in [6.07, 6.45) is 6.25. The van der Waals surface area contributed by atoms with Gasteiger partial charge >= 0.3 is 5.97 Å². The number of cyclic esters (lactones) is 1. The van der Waals surface area contributed by atoms with Crippen molar-refractivity contribution in [3.8, 4) is 0 Å². The predicted octanol–water partition coefficient (Wildman–Crippen LogP) is 1.64. The fraction of sp³-hybridized carbons (Fsp3) is 0.871. The Bertz CT molecular complexity index is 1070. The lowest BCUT2D eigenvalue weighted by molar-refractivity contribution is -0.282. The van der Waals surface area contributed by atoms with Crippen LogP contribution in [0.3, 0.4) is 0 Å². The quantitative estimate of drug-likeness (QED) is 0.180. The molecule has 1 saturated heterocycles. The van der Waals surface area contributed by atoms with Gasteiger partial charge in [0.15, 0.2) is 6.29 Å². The molecule has 4 saturated carbocycles. The van der Waals surface area contributed by atoms with E-state index in [0.29, 0.717) is 45.1 Å². The van der Waals surface area contributed by atoms with E-state index in [1.165, 1.54) is 0 Å². The molecule has 12 atom stereocenters. The number of rotatable bonds is 6. The number of hydrogen-bond acceptors (Lipinski definition) is 10. The van der Waals surface area contributed by atoms with Crippen LogP contribution in [0.25, 0.3) is 0 Å². The smallest absolute Gasteiger partial charge is 0.331 e. The monoisotopic (exact) mass is 577 g/mol. The Labute approximate surface area is 241 Å². The van der Waals surface area contributed by atoms with Gasteiger partial charge in [0.2, 0.25) is 0 Å². The van der Waals surface area contributed by atoms with Crippen molar-refractivity contribution in [1.29, 1.82) is 0 Å². The molecule has 4 aliphatic carbocycles. The van der Waals surface area contributed by atoms with Crippen LogP contribution in [-0.2, 0) is 19.0 Å². The number of ether oxygens (including phenoxy) is 3. The van der Waals surface area contributed by atoms with Gasteiger partial charge in [-0.1, -0.05) is 6.92 Å². The van der Waals surface area contributed by atoms with Crippen molar-refractivity contribution in [2.24, 2.45) is 33.6 Å². The van der Waals surface area contributed by atoms with E-state index in [0.717, 1.165) is 24.8 Å². The Balaban J connectivity index is 1.26. The minimum atomic E-state index is -1.11. The molecule has 0 amide bonds. The minimum Gasteiger partial charge on any atom is -0.458 e. The van der Waals surface area contributed by atoms with E-state index in [2.05, 4.69) is 11.9 Å². The summed E-state index contributed by atoms with van der Waals surface area (Å²) in [5, 5.41) is 54.8. The molecule has 10 heteroatoms. The lowest BCUT2D eigenvalue weighted by atomic mass is 9.41. The molecule has 0 radical (unpaired) electrons. The highest BCUT2D eigenvalue weighted by atomic mass is 16.7. The van der Waals surface area contributed by atoms with E-state index in [4.69, 9.17) is 14.2 Å². The molecular weight excluding hydrogens is 530 g/mol. The van der Waals surface area contributed by atoms with Crippen LogP contribution in [0.2, 0.25) is 0 Å². The summed E-state index contributed by atoms with van der Waals surface area (Å²) in [4.78, 5) is 16.5. The van der Waals surface area contributed by atoms with Gasteiger partial charge in [-0.3, -0.25) is 4.99 Å². The zero-order chi connectivity index (χ0) is 29.2. The van der Waals surface area contributed by atoms with Crippen LogP contribution in [0.4, 0.5) is 0 Å². The molecule has 0 aromatic rings. The standard InChI is InChI=1S/C31H47NO9/c1-18-27(36)24(34)14-26(40-18)41-20-3-8-29(17-32-11-12-33)22-4-7-28(2)21(19-13-25(35)39-16-19)6-10-31(28,38)23(22)5-9-30(29,37)15-20/h13,17-18,20-24,26-27,33-34,36-38H,3-12,14-16H2,1-2H3/t18?,20?,21-,22-,23?,24?,26?,27?,28+,29-,30?,31?/m0/s1. The van der Waals surface area contributed by atoms with Crippen LogP contribution in [0, 0.1) is 28.6 Å². The summed E-state index contributed by atoms with van der Waals surface area (Å²) in [6, 6.07) is 0. The van der Waals surface area contributed by atoms with Crippen LogP contribution in [0.1, 0.15) is 78.1 Å². The number of carbonyl (C=O) groups excluding carboxylic acids is 1. The van der Waals surface area contributed by atoms with Crippen molar-refractivity contribution in [3.05, 3.63) is 11.6 Å².